The van der Waals surface area contributed by atoms with E-state index in [0.717, 1.165) is 37.2 Å². The smallest absolute Gasteiger partial charge is 0.260 e. The molecule has 1 aliphatic rings. The Balaban J connectivity index is 1.97. The van der Waals surface area contributed by atoms with Crippen LogP contribution in [0.4, 0.5) is 0 Å². The van der Waals surface area contributed by atoms with Crippen LogP contribution in [0, 0.1) is 0 Å². The summed E-state index contributed by atoms with van der Waals surface area (Å²) in [6.07, 6.45) is 2.22. The van der Waals surface area contributed by atoms with Gasteiger partial charge in [0.2, 0.25) is 0 Å². The predicted molar refractivity (Wildman–Crippen MR) is 93.9 cm³/mol. The maximum atomic E-state index is 12.5. The average molecular weight is 318 g/mol. The van der Waals surface area contributed by atoms with Gasteiger partial charge in [0, 0.05) is 19.1 Å². The first-order valence-electron chi connectivity index (χ1n) is 8.45. The van der Waals surface area contributed by atoms with E-state index in [1.54, 1.807) is 0 Å². The third-order valence-electron chi connectivity index (χ3n) is 4.53. The van der Waals surface area contributed by atoms with Crippen LogP contribution in [-0.4, -0.2) is 55.5 Å². The minimum Gasteiger partial charge on any atom is -0.483 e. The van der Waals surface area contributed by atoms with Crippen molar-refractivity contribution in [3.63, 3.8) is 0 Å². The highest BCUT2D eigenvalue weighted by Gasteiger charge is 2.25. The van der Waals surface area contributed by atoms with Crippen molar-refractivity contribution >= 4 is 5.91 Å². The van der Waals surface area contributed by atoms with Gasteiger partial charge in [-0.2, -0.15) is 0 Å². The van der Waals surface area contributed by atoms with Gasteiger partial charge in [-0.15, -0.1) is 0 Å². The van der Waals surface area contributed by atoms with Gasteiger partial charge in [-0.05, 0) is 44.0 Å². The van der Waals surface area contributed by atoms with E-state index in [4.69, 9.17) is 4.74 Å². The minimum absolute atomic E-state index is 0.000777. The van der Waals surface area contributed by atoms with Gasteiger partial charge in [0.1, 0.15) is 5.75 Å². The predicted octanol–water partition coefficient (Wildman–Crippen LogP) is 2.92. The molecule has 0 bridgehead atoms. The van der Waals surface area contributed by atoms with E-state index in [1.807, 2.05) is 23.1 Å². The average Bonchev–Trinajstić information content (AvgIpc) is 2.52. The van der Waals surface area contributed by atoms with E-state index < -0.39 is 0 Å². The zero-order valence-electron chi connectivity index (χ0n) is 15.1. The summed E-state index contributed by atoms with van der Waals surface area (Å²) in [4.78, 5) is 16.6. The number of piperidine rings is 1. The number of likely N-dealkylation sites (tertiary alicyclic amines) is 1. The molecule has 1 saturated heterocycles. The highest BCUT2D eigenvalue weighted by atomic mass is 16.5. The molecule has 1 heterocycles. The first kappa shape index (κ1) is 17.8. The summed E-state index contributed by atoms with van der Waals surface area (Å²) in [6.45, 7) is 8.23. The van der Waals surface area contributed by atoms with Crippen LogP contribution in [0.15, 0.2) is 24.3 Å². The molecule has 1 atom stereocenters. The summed E-state index contributed by atoms with van der Waals surface area (Å²) in [7, 11) is 4.16. The Morgan fingerprint density at radius 3 is 2.65 bits per heavy atom. The lowest BCUT2D eigenvalue weighted by atomic mass is 9.86. The van der Waals surface area contributed by atoms with E-state index >= 15 is 0 Å². The van der Waals surface area contributed by atoms with Crippen molar-refractivity contribution in [3.8, 4) is 5.75 Å². The van der Waals surface area contributed by atoms with Gasteiger partial charge in [0.15, 0.2) is 6.61 Å². The molecule has 128 valence electrons. The second-order valence-electron chi connectivity index (χ2n) is 7.63. The van der Waals surface area contributed by atoms with Crippen LogP contribution in [0.25, 0.3) is 0 Å². The van der Waals surface area contributed by atoms with Crippen LogP contribution >= 0.6 is 0 Å². The van der Waals surface area contributed by atoms with Crippen molar-refractivity contribution in [1.82, 2.24) is 9.80 Å². The third-order valence-corrected chi connectivity index (χ3v) is 4.53. The van der Waals surface area contributed by atoms with Crippen molar-refractivity contribution in [2.75, 3.05) is 33.8 Å². The highest BCUT2D eigenvalue weighted by molar-refractivity contribution is 5.78. The monoisotopic (exact) mass is 318 g/mol. The van der Waals surface area contributed by atoms with Gasteiger partial charge in [-0.25, -0.2) is 0 Å². The number of nitrogens with zero attached hydrogens (tertiary/aromatic N) is 2. The quantitative estimate of drug-likeness (QED) is 0.856. The van der Waals surface area contributed by atoms with Gasteiger partial charge in [-0.3, -0.25) is 4.79 Å². The molecule has 4 heteroatoms. The maximum Gasteiger partial charge on any atom is 0.260 e. The molecule has 1 unspecified atom stereocenters. The molecule has 1 amide bonds. The Kier molecular flexibility index (Phi) is 5.69. The van der Waals surface area contributed by atoms with Crippen molar-refractivity contribution in [3.05, 3.63) is 29.8 Å². The molecule has 0 aromatic heterocycles. The lowest BCUT2D eigenvalue weighted by molar-refractivity contribution is -0.135. The molecule has 1 aromatic carbocycles. The number of benzene rings is 1. The van der Waals surface area contributed by atoms with E-state index in [2.05, 4.69) is 45.8 Å². The molecule has 2 rings (SSSR count). The zero-order valence-corrected chi connectivity index (χ0v) is 15.1. The number of amides is 1. The molecule has 1 aromatic rings. The summed E-state index contributed by atoms with van der Waals surface area (Å²) >= 11 is 0. The Labute approximate surface area is 140 Å². The van der Waals surface area contributed by atoms with Crippen LogP contribution in [0.3, 0.4) is 0 Å². The molecule has 1 fully saturated rings. The molecule has 0 N–H and O–H groups in total. The summed E-state index contributed by atoms with van der Waals surface area (Å²) in [5, 5.41) is 0. The van der Waals surface area contributed by atoms with Crippen LogP contribution < -0.4 is 4.74 Å². The number of rotatable bonds is 4. The second-order valence-corrected chi connectivity index (χ2v) is 7.63. The molecular formula is C19H30N2O2. The summed E-state index contributed by atoms with van der Waals surface area (Å²) in [6, 6.07) is 8.45. The number of likely N-dealkylation sites (N-methyl/N-ethyl adjacent to an activating group) is 1. The maximum absolute atomic E-state index is 12.5. The van der Waals surface area contributed by atoms with Crippen LogP contribution in [0.2, 0.25) is 0 Å². The Hall–Kier alpha value is -1.55. The normalized spacial score (nSPS) is 19.0. The van der Waals surface area contributed by atoms with Crippen molar-refractivity contribution < 1.29 is 9.53 Å². The van der Waals surface area contributed by atoms with Crippen LogP contribution in [0.1, 0.15) is 39.2 Å². The number of ether oxygens (including phenoxy) is 1. The Bertz CT molecular complexity index is 534. The fraction of sp³-hybridized carbons (Fsp3) is 0.632. The fourth-order valence-electron chi connectivity index (χ4n) is 3.05. The second kappa shape index (κ2) is 7.35. The summed E-state index contributed by atoms with van der Waals surface area (Å²) in [5.41, 5.74) is 1.14. The van der Waals surface area contributed by atoms with Crippen LogP contribution in [0.5, 0.6) is 5.75 Å². The Morgan fingerprint density at radius 1 is 1.30 bits per heavy atom. The van der Waals surface area contributed by atoms with Gasteiger partial charge >= 0.3 is 0 Å². The standard InChI is InChI=1S/C19H30N2O2/c1-19(2,3)16-10-6-7-11-17(16)23-14-18(22)21-12-8-9-15(13-21)20(4)5/h6-7,10-11,15H,8-9,12-14H2,1-5H3. The molecule has 0 radical (unpaired) electrons. The summed E-state index contributed by atoms with van der Waals surface area (Å²) in [5.74, 6) is 0.898. The van der Waals surface area contributed by atoms with Crippen molar-refractivity contribution in [2.45, 2.75) is 45.1 Å². The molecule has 23 heavy (non-hydrogen) atoms. The molecule has 0 spiro atoms. The number of carbonyl (C=O) groups is 1. The van der Waals surface area contributed by atoms with E-state index in [0.29, 0.717) is 6.04 Å². The number of para-hydroxylation sites is 1. The van der Waals surface area contributed by atoms with E-state index in [-0.39, 0.29) is 17.9 Å². The SMILES string of the molecule is CN(C)C1CCCN(C(=O)COc2ccccc2C(C)(C)C)C1. The highest BCUT2D eigenvalue weighted by Crippen LogP contribution is 2.31. The van der Waals surface area contributed by atoms with Crippen molar-refractivity contribution in [2.24, 2.45) is 0 Å². The van der Waals surface area contributed by atoms with Gasteiger partial charge in [0.05, 0.1) is 0 Å². The molecule has 1 aliphatic heterocycles. The lowest BCUT2D eigenvalue weighted by Crippen LogP contribution is -2.48. The topological polar surface area (TPSA) is 32.8 Å². The van der Waals surface area contributed by atoms with Crippen LogP contribution in [-0.2, 0) is 10.2 Å². The molecule has 4 nitrogen and oxygen atoms in total. The minimum atomic E-state index is 0.000777. The molecular weight excluding hydrogens is 288 g/mol. The zero-order chi connectivity index (χ0) is 17.0. The fourth-order valence-corrected chi connectivity index (χ4v) is 3.05. The van der Waals surface area contributed by atoms with E-state index in [9.17, 15) is 4.79 Å². The van der Waals surface area contributed by atoms with E-state index in [1.165, 1.54) is 0 Å². The number of carbonyl (C=O) groups excluding carboxylic acids is 1. The molecule has 0 saturated carbocycles. The summed E-state index contributed by atoms with van der Waals surface area (Å²) < 4.78 is 5.87. The third kappa shape index (κ3) is 4.71. The number of hydrogen-bond donors (Lipinski definition) is 0. The van der Waals surface area contributed by atoms with Gasteiger partial charge in [-0.1, -0.05) is 39.0 Å². The molecule has 0 aliphatic carbocycles. The van der Waals surface area contributed by atoms with Gasteiger partial charge in [0.25, 0.3) is 5.91 Å². The Morgan fingerprint density at radius 2 is 2.00 bits per heavy atom. The lowest BCUT2D eigenvalue weighted by Gasteiger charge is -2.36. The largest absolute Gasteiger partial charge is 0.483 e. The van der Waals surface area contributed by atoms with Crippen molar-refractivity contribution in [1.29, 1.82) is 0 Å². The first-order chi connectivity index (χ1) is 10.8. The first-order valence-corrected chi connectivity index (χ1v) is 8.45. The van der Waals surface area contributed by atoms with Gasteiger partial charge < -0.3 is 14.5 Å². The number of hydrogen-bond acceptors (Lipinski definition) is 3.